The van der Waals surface area contributed by atoms with Crippen molar-refractivity contribution in [2.45, 2.75) is 6.18 Å². The van der Waals surface area contributed by atoms with Gasteiger partial charge in [-0.15, -0.1) is 0 Å². The van der Waals surface area contributed by atoms with Crippen LogP contribution in [0.15, 0.2) is 24.5 Å². The van der Waals surface area contributed by atoms with E-state index >= 15 is 0 Å². The molecule has 3 nitrogen and oxygen atoms in total. The molecular formula is C9H5F3N2O. The van der Waals surface area contributed by atoms with Crippen molar-refractivity contribution in [2.24, 2.45) is 0 Å². The lowest BCUT2D eigenvalue weighted by atomic mass is 10.3. The maximum absolute atomic E-state index is 12.4. The van der Waals surface area contributed by atoms with E-state index in [0.717, 1.165) is 10.6 Å². The lowest BCUT2D eigenvalue weighted by molar-refractivity contribution is -0.145. The molecule has 0 bridgehead atoms. The van der Waals surface area contributed by atoms with E-state index in [1.54, 1.807) is 0 Å². The SMILES string of the molecule is O=Cc1ccn2c(C(F)(F)F)ncc2c1. The Morgan fingerprint density at radius 1 is 1.40 bits per heavy atom. The van der Waals surface area contributed by atoms with Crippen LogP contribution in [-0.4, -0.2) is 15.7 Å². The van der Waals surface area contributed by atoms with Crippen LogP contribution in [0.1, 0.15) is 16.2 Å². The third-order valence-electron chi connectivity index (χ3n) is 1.95. The van der Waals surface area contributed by atoms with Gasteiger partial charge in [-0.25, -0.2) is 4.98 Å². The third kappa shape index (κ3) is 1.58. The maximum atomic E-state index is 12.4. The number of fused-ring (bicyclic) bond motifs is 1. The molecule has 0 fully saturated rings. The van der Waals surface area contributed by atoms with Crippen LogP contribution >= 0.6 is 0 Å². The molecule has 0 spiro atoms. The first-order valence-corrected chi connectivity index (χ1v) is 4.02. The number of carbonyl (C=O) groups is 1. The number of imidazole rings is 1. The van der Waals surface area contributed by atoms with Crippen LogP contribution in [0, 0.1) is 0 Å². The summed E-state index contributed by atoms with van der Waals surface area (Å²) in [5.74, 6) is -0.991. The minimum absolute atomic E-state index is 0.243. The van der Waals surface area contributed by atoms with Crippen molar-refractivity contribution in [3.8, 4) is 0 Å². The molecule has 2 aromatic rings. The highest BCUT2D eigenvalue weighted by Crippen LogP contribution is 2.28. The van der Waals surface area contributed by atoms with Crippen molar-refractivity contribution in [1.82, 2.24) is 9.38 Å². The molecule has 15 heavy (non-hydrogen) atoms. The van der Waals surface area contributed by atoms with Crippen molar-refractivity contribution in [3.63, 3.8) is 0 Å². The Labute approximate surface area is 82.2 Å². The number of carbonyl (C=O) groups excluding carboxylic acids is 1. The van der Waals surface area contributed by atoms with Gasteiger partial charge in [0.15, 0.2) is 0 Å². The zero-order chi connectivity index (χ0) is 11.1. The van der Waals surface area contributed by atoms with E-state index in [9.17, 15) is 18.0 Å². The number of hydrogen-bond donors (Lipinski definition) is 0. The molecule has 78 valence electrons. The molecule has 0 aliphatic heterocycles. The van der Waals surface area contributed by atoms with E-state index in [1.807, 2.05) is 0 Å². The van der Waals surface area contributed by atoms with Gasteiger partial charge in [0.05, 0.1) is 11.7 Å². The first kappa shape index (κ1) is 9.70. The second-order valence-corrected chi connectivity index (χ2v) is 2.95. The number of nitrogens with zero attached hydrogens (tertiary/aromatic N) is 2. The fourth-order valence-electron chi connectivity index (χ4n) is 1.30. The van der Waals surface area contributed by atoms with Gasteiger partial charge in [0.25, 0.3) is 0 Å². The second kappa shape index (κ2) is 3.08. The Kier molecular flexibility index (Phi) is 1.99. The van der Waals surface area contributed by atoms with Crippen LogP contribution in [-0.2, 0) is 6.18 Å². The summed E-state index contributed by atoms with van der Waals surface area (Å²) in [7, 11) is 0. The number of hydrogen-bond acceptors (Lipinski definition) is 2. The van der Waals surface area contributed by atoms with E-state index in [0.29, 0.717) is 11.8 Å². The highest BCUT2D eigenvalue weighted by atomic mass is 19.4. The van der Waals surface area contributed by atoms with E-state index in [1.165, 1.54) is 18.3 Å². The number of halogens is 3. The van der Waals surface area contributed by atoms with Gasteiger partial charge in [-0.05, 0) is 12.1 Å². The summed E-state index contributed by atoms with van der Waals surface area (Å²) >= 11 is 0. The third-order valence-corrected chi connectivity index (χ3v) is 1.95. The van der Waals surface area contributed by atoms with E-state index in [4.69, 9.17) is 0 Å². The van der Waals surface area contributed by atoms with Gasteiger partial charge in [0, 0.05) is 11.8 Å². The molecule has 6 heteroatoms. The summed E-state index contributed by atoms with van der Waals surface area (Å²) in [6.07, 6.45) is -1.67. The monoisotopic (exact) mass is 214 g/mol. The summed E-state index contributed by atoms with van der Waals surface area (Å²) < 4.78 is 38.0. The van der Waals surface area contributed by atoms with Crippen LogP contribution in [0.25, 0.3) is 5.52 Å². The van der Waals surface area contributed by atoms with Gasteiger partial charge in [0.1, 0.15) is 6.29 Å². The first-order valence-electron chi connectivity index (χ1n) is 4.02. The molecule has 2 rings (SSSR count). The molecule has 0 aromatic carbocycles. The van der Waals surface area contributed by atoms with Crippen LogP contribution in [0.5, 0.6) is 0 Å². The minimum atomic E-state index is -4.49. The molecule has 0 aliphatic carbocycles. The summed E-state index contributed by atoms with van der Waals surface area (Å²) in [5.41, 5.74) is 0.558. The van der Waals surface area contributed by atoms with Crippen molar-refractivity contribution < 1.29 is 18.0 Å². The normalized spacial score (nSPS) is 11.9. The summed E-state index contributed by atoms with van der Waals surface area (Å²) in [5, 5.41) is 0. The summed E-state index contributed by atoms with van der Waals surface area (Å²) in [6.45, 7) is 0. The van der Waals surface area contributed by atoms with Gasteiger partial charge in [0.2, 0.25) is 5.82 Å². The van der Waals surface area contributed by atoms with Crippen molar-refractivity contribution >= 4 is 11.8 Å². The van der Waals surface area contributed by atoms with Crippen molar-refractivity contribution in [1.29, 1.82) is 0 Å². The van der Waals surface area contributed by atoms with Crippen molar-refractivity contribution in [2.75, 3.05) is 0 Å². The van der Waals surface area contributed by atoms with Crippen LogP contribution in [0.3, 0.4) is 0 Å². The topological polar surface area (TPSA) is 34.4 Å². The van der Waals surface area contributed by atoms with E-state index < -0.39 is 12.0 Å². The van der Waals surface area contributed by atoms with Crippen LogP contribution in [0.2, 0.25) is 0 Å². The minimum Gasteiger partial charge on any atom is -0.298 e. The van der Waals surface area contributed by atoms with Gasteiger partial charge >= 0.3 is 6.18 Å². The highest BCUT2D eigenvalue weighted by Gasteiger charge is 2.35. The number of aromatic nitrogens is 2. The van der Waals surface area contributed by atoms with E-state index in [2.05, 4.69) is 4.98 Å². The number of rotatable bonds is 1. The molecule has 0 N–H and O–H groups in total. The molecule has 0 atom stereocenters. The highest BCUT2D eigenvalue weighted by molar-refractivity contribution is 5.77. The fraction of sp³-hybridized carbons (Fsp3) is 0.111. The zero-order valence-corrected chi connectivity index (χ0v) is 7.32. The quantitative estimate of drug-likeness (QED) is 0.682. The molecular weight excluding hydrogens is 209 g/mol. The fourth-order valence-corrected chi connectivity index (χ4v) is 1.30. The molecule has 2 heterocycles. The van der Waals surface area contributed by atoms with Gasteiger partial charge in [-0.1, -0.05) is 0 Å². The Balaban J connectivity index is 2.67. The van der Waals surface area contributed by atoms with Gasteiger partial charge in [-0.2, -0.15) is 13.2 Å². The molecule has 0 amide bonds. The zero-order valence-electron chi connectivity index (χ0n) is 7.32. The first-order chi connectivity index (χ1) is 7.02. The smallest absolute Gasteiger partial charge is 0.298 e. The maximum Gasteiger partial charge on any atom is 0.450 e. The number of alkyl halides is 3. The Bertz CT molecular complexity index is 516. The summed E-state index contributed by atoms with van der Waals surface area (Å²) in [4.78, 5) is 13.7. The predicted octanol–water partition coefficient (Wildman–Crippen LogP) is 2.17. The summed E-state index contributed by atoms with van der Waals surface area (Å²) in [6, 6.07) is 2.64. The molecule has 0 saturated heterocycles. The van der Waals surface area contributed by atoms with Gasteiger partial charge < -0.3 is 0 Å². The number of aldehydes is 1. The predicted molar refractivity (Wildman–Crippen MR) is 45.6 cm³/mol. The van der Waals surface area contributed by atoms with Crippen molar-refractivity contribution in [3.05, 3.63) is 35.9 Å². The standard InChI is InChI=1S/C9H5F3N2O/c10-9(11,12)8-13-4-7-3-6(5-15)1-2-14(7)8/h1-5H. The molecule has 2 aromatic heterocycles. The van der Waals surface area contributed by atoms with E-state index in [-0.39, 0.29) is 5.52 Å². The average Bonchev–Trinajstić information content (AvgIpc) is 2.59. The van der Waals surface area contributed by atoms with Crippen LogP contribution in [0.4, 0.5) is 13.2 Å². The second-order valence-electron chi connectivity index (χ2n) is 2.95. The molecule has 0 radical (unpaired) electrons. The number of pyridine rings is 1. The Hall–Kier alpha value is -1.85. The average molecular weight is 214 g/mol. The molecule has 0 aliphatic rings. The lowest BCUT2D eigenvalue weighted by Gasteiger charge is -2.04. The Morgan fingerprint density at radius 3 is 2.73 bits per heavy atom. The Morgan fingerprint density at radius 2 is 2.13 bits per heavy atom. The largest absolute Gasteiger partial charge is 0.450 e. The molecule has 0 unspecified atom stereocenters. The lowest BCUT2D eigenvalue weighted by Crippen LogP contribution is -2.10. The van der Waals surface area contributed by atoms with Gasteiger partial charge in [-0.3, -0.25) is 9.20 Å². The molecule has 0 saturated carbocycles. The van der Waals surface area contributed by atoms with Crippen LogP contribution < -0.4 is 0 Å².